The lowest BCUT2D eigenvalue weighted by molar-refractivity contribution is 0.590. The Morgan fingerprint density at radius 3 is 2.25 bits per heavy atom. The summed E-state index contributed by atoms with van der Waals surface area (Å²) in [6, 6.07) is 13.2. The highest BCUT2D eigenvalue weighted by Crippen LogP contribution is 2.26. The zero-order valence-corrected chi connectivity index (χ0v) is 13.6. The molecule has 2 rings (SSSR count). The zero-order chi connectivity index (χ0) is 14.6. The second-order valence-corrected chi connectivity index (χ2v) is 7.35. The van der Waals surface area contributed by atoms with Gasteiger partial charge in [-0.15, -0.1) is 11.8 Å². The molecule has 1 aromatic heterocycles. The highest BCUT2D eigenvalue weighted by Gasteiger charge is 2.12. The molecule has 0 radical (unpaired) electrons. The summed E-state index contributed by atoms with van der Waals surface area (Å²) in [5.41, 5.74) is 4.02. The van der Waals surface area contributed by atoms with E-state index in [1.807, 2.05) is 24.9 Å². The fourth-order valence-corrected chi connectivity index (χ4v) is 2.89. The Kier molecular flexibility index (Phi) is 4.87. The van der Waals surface area contributed by atoms with Crippen molar-refractivity contribution in [3.05, 3.63) is 59.4 Å². The van der Waals surface area contributed by atoms with Crippen LogP contribution in [0, 0.1) is 6.92 Å². The number of aromatic nitrogens is 1. The molecule has 20 heavy (non-hydrogen) atoms. The maximum Gasteiger partial charge on any atom is 0.0372 e. The highest BCUT2D eigenvalue weighted by atomic mass is 32.2. The van der Waals surface area contributed by atoms with E-state index in [2.05, 4.69) is 62.2 Å². The first-order chi connectivity index (χ1) is 9.45. The average Bonchev–Trinajstić information content (AvgIpc) is 2.41. The number of hydrogen-bond acceptors (Lipinski definition) is 2. The van der Waals surface area contributed by atoms with Crippen LogP contribution in [0.4, 0.5) is 0 Å². The Hall–Kier alpha value is -1.28. The van der Waals surface area contributed by atoms with Crippen LogP contribution in [0.2, 0.25) is 0 Å². The maximum absolute atomic E-state index is 4.33. The second kappa shape index (κ2) is 6.45. The third-order valence-electron chi connectivity index (χ3n) is 3.35. The van der Waals surface area contributed by atoms with Gasteiger partial charge in [-0.05, 0) is 48.1 Å². The molecule has 106 valence electrons. The number of thioether (sulfide) groups is 1. The minimum Gasteiger partial charge on any atom is -0.261 e. The van der Waals surface area contributed by atoms with Gasteiger partial charge in [0, 0.05) is 22.5 Å². The molecule has 0 fully saturated rings. The zero-order valence-electron chi connectivity index (χ0n) is 12.8. The third kappa shape index (κ3) is 4.38. The SMILES string of the molecule is Cc1ccc(CCSc2ccc(C(C)(C)C)cc2)cn1. The van der Waals surface area contributed by atoms with E-state index >= 15 is 0 Å². The monoisotopic (exact) mass is 285 g/mol. The third-order valence-corrected chi connectivity index (χ3v) is 4.37. The van der Waals surface area contributed by atoms with Crippen LogP contribution in [0.3, 0.4) is 0 Å². The normalized spacial score (nSPS) is 11.6. The van der Waals surface area contributed by atoms with Gasteiger partial charge in [0.05, 0.1) is 0 Å². The minimum absolute atomic E-state index is 0.233. The van der Waals surface area contributed by atoms with Crippen LogP contribution in [0.1, 0.15) is 37.6 Å². The molecule has 2 aromatic rings. The Morgan fingerprint density at radius 2 is 1.70 bits per heavy atom. The number of nitrogens with zero attached hydrogens (tertiary/aromatic N) is 1. The van der Waals surface area contributed by atoms with Gasteiger partial charge >= 0.3 is 0 Å². The van der Waals surface area contributed by atoms with Crippen LogP contribution in [0.15, 0.2) is 47.5 Å². The molecule has 0 aliphatic heterocycles. The lowest BCUT2D eigenvalue weighted by atomic mass is 9.87. The topological polar surface area (TPSA) is 12.9 Å². The number of rotatable bonds is 4. The van der Waals surface area contributed by atoms with Gasteiger partial charge in [0.25, 0.3) is 0 Å². The van der Waals surface area contributed by atoms with Gasteiger partial charge in [-0.1, -0.05) is 39.0 Å². The predicted molar refractivity (Wildman–Crippen MR) is 88.5 cm³/mol. The van der Waals surface area contributed by atoms with Gasteiger partial charge < -0.3 is 0 Å². The molecule has 0 saturated heterocycles. The van der Waals surface area contributed by atoms with Gasteiger partial charge in [0.2, 0.25) is 0 Å². The van der Waals surface area contributed by atoms with Gasteiger partial charge in [0.1, 0.15) is 0 Å². The van der Waals surface area contributed by atoms with E-state index in [1.165, 1.54) is 16.0 Å². The van der Waals surface area contributed by atoms with Gasteiger partial charge in [0.15, 0.2) is 0 Å². The molecule has 0 aliphatic carbocycles. The van der Waals surface area contributed by atoms with Crippen molar-refractivity contribution in [1.29, 1.82) is 0 Å². The van der Waals surface area contributed by atoms with E-state index in [1.54, 1.807) is 0 Å². The van der Waals surface area contributed by atoms with Crippen LogP contribution >= 0.6 is 11.8 Å². The van der Waals surface area contributed by atoms with Gasteiger partial charge in [-0.25, -0.2) is 0 Å². The second-order valence-electron chi connectivity index (χ2n) is 6.18. The molecule has 0 bridgehead atoms. The Balaban J connectivity index is 1.87. The number of pyridine rings is 1. The van der Waals surface area contributed by atoms with Crippen molar-refractivity contribution >= 4 is 11.8 Å². The number of hydrogen-bond donors (Lipinski definition) is 0. The molecule has 0 aliphatic rings. The first-order valence-electron chi connectivity index (χ1n) is 7.10. The Labute approximate surface area is 126 Å². The first kappa shape index (κ1) is 15.1. The smallest absolute Gasteiger partial charge is 0.0372 e. The fraction of sp³-hybridized carbons (Fsp3) is 0.389. The molecule has 0 atom stereocenters. The summed E-state index contributed by atoms with van der Waals surface area (Å²) >= 11 is 1.91. The molecule has 2 heteroatoms. The van der Waals surface area contributed by atoms with Crippen molar-refractivity contribution < 1.29 is 0 Å². The van der Waals surface area contributed by atoms with E-state index in [4.69, 9.17) is 0 Å². The molecule has 0 amide bonds. The van der Waals surface area contributed by atoms with E-state index < -0.39 is 0 Å². The van der Waals surface area contributed by atoms with Crippen molar-refractivity contribution in [1.82, 2.24) is 4.98 Å². The van der Waals surface area contributed by atoms with E-state index in [-0.39, 0.29) is 5.41 Å². The summed E-state index contributed by atoms with van der Waals surface area (Å²) in [7, 11) is 0. The molecular formula is C18H23NS. The lowest BCUT2D eigenvalue weighted by Crippen LogP contribution is -2.10. The molecule has 0 spiro atoms. The predicted octanol–water partition coefficient (Wildman–Crippen LogP) is 5.02. The molecule has 1 heterocycles. The van der Waals surface area contributed by atoms with Crippen molar-refractivity contribution in [3.8, 4) is 0 Å². The highest BCUT2D eigenvalue weighted by molar-refractivity contribution is 7.99. The van der Waals surface area contributed by atoms with Gasteiger partial charge in [-0.3, -0.25) is 4.98 Å². The largest absolute Gasteiger partial charge is 0.261 e. The van der Waals surface area contributed by atoms with Crippen LogP contribution in [0.5, 0.6) is 0 Å². The Morgan fingerprint density at radius 1 is 1.00 bits per heavy atom. The average molecular weight is 285 g/mol. The van der Waals surface area contributed by atoms with Crippen molar-refractivity contribution in [2.45, 2.75) is 44.4 Å². The standard InChI is InChI=1S/C18H23NS/c1-14-5-6-15(13-19-14)11-12-20-17-9-7-16(8-10-17)18(2,3)4/h5-10,13H,11-12H2,1-4H3. The molecule has 1 nitrogen and oxygen atoms in total. The van der Waals surface area contributed by atoms with Crippen molar-refractivity contribution in [2.75, 3.05) is 5.75 Å². The van der Waals surface area contributed by atoms with E-state index in [0.29, 0.717) is 0 Å². The molecular weight excluding hydrogens is 262 g/mol. The summed E-state index contributed by atoms with van der Waals surface area (Å²) in [6.07, 6.45) is 3.05. The van der Waals surface area contributed by atoms with Crippen LogP contribution in [0.25, 0.3) is 0 Å². The molecule has 0 saturated carbocycles. The molecule has 0 N–H and O–H groups in total. The summed E-state index contributed by atoms with van der Waals surface area (Å²) < 4.78 is 0. The van der Waals surface area contributed by atoms with Crippen molar-refractivity contribution in [3.63, 3.8) is 0 Å². The summed E-state index contributed by atoms with van der Waals surface area (Å²) in [4.78, 5) is 5.68. The minimum atomic E-state index is 0.233. The molecule has 1 aromatic carbocycles. The quantitative estimate of drug-likeness (QED) is 0.731. The maximum atomic E-state index is 4.33. The number of benzene rings is 1. The van der Waals surface area contributed by atoms with E-state index in [0.717, 1.165) is 17.9 Å². The van der Waals surface area contributed by atoms with Crippen LogP contribution < -0.4 is 0 Å². The van der Waals surface area contributed by atoms with Crippen LogP contribution in [-0.2, 0) is 11.8 Å². The van der Waals surface area contributed by atoms with Gasteiger partial charge in [-0.2, -0.15) is 0 Å². The Bertz CT molecular complexity index is 535. The summed E-state index contributed by atoms with van der Waals surface area (Å²) in [6.45, 7) is 8.77. The van der Waals surface area contributed by atoms with Crippen LogP contribution in [-0.4, -0.2) is 10.7 Å². The first-order valence-corrected chi connectivity index (χ1v) is 8.08. The summed E-state index contributed by atoms with van der Waals surface area (Å²) in [5, 5.41) is 0. The number of aryl methyl sites for hydroxylation is 2. The lowest BCUT2D eigenvalue weighted by Gasteiger charge is -2.19. The van der Waals surface area contributed by atoms with Crippen molar-refractivity contribution in [2.24, 2.45) is 0 Å². The molecule has 0 unspecified atom stereocenters. The fourth-order valence-electron chi connectivity index (χ4n) is 1.98. The van der Waals surface area contributed by atoms with E-state index in [9.17, 15) is 0 Å². The summed E-state index contributed by atoms with van der Waals surface area (Å²) in [5.74, 6) is 1.10.